The number of guanidine groups is 1. The summed E-state index contributed by atoms with van der Waals surface area (Å²) in [6.07, 6.45) is 0.276. The Morgan fingerprint density at radius 2 is 1.66 bits per heavy atom. The van der Waals surface area contributed by atoms with Crippen molar-refractivity contribution < 1.29 is 34.2 Å². The predicted molar refractivity (Wildman–Crippen MR) is 114 cm³/mol. The van der Waals surface area contributed by atoms with Crippen molar-refractivity contribution in [3.8, 4) is 0 Å². The van der Waals surface area contributed by atoms with Gasteiger partial charge in [-0.15, -0.1) is 0 Å². The van der Waals surface area contributed by atoms with Gasteiger partial charge in [0.05, 0.1) is 19.0 Å². The standard InChI is InChI=1S/C18H33N7O7/c1-3-9(2)14(17(31)32)25-16(30)11(5-4-6-22-18(20)21)24-12(26)8-23-15(29)10(19)7-13(27)28/h9-11,14H,3-8,19H2,1-2H3,(H,23,29)(H,24,26)(H,25,30)(H,27,28)(H,31,32)(H4,20,21,22). The molecule has 0 fully saturated rings. The van der Waals surface area contributed by atoms with Crippen LogP contribution in [0.2, 0.25) is 0 Å². The van der Waals surface area contributed by atoms with E-state index in [1.807, 2.05) is 0 Å². The molecule has 0 aliphatic rings. The summed E-state index contributed by atoms with van der Waals surface area (Å²) in [6.45, 7) is 3.06. The van der Waals surface area contributed by atoms with Crippen molar-refractivity contribution in [2.24, 2.45) is 28.1 Å². The maximum atomic E-state index is 12.7. The number of nitrogens with zero attached hydrogens (tertiary/aromatic N) is 1. The molecule has 4 unspecified atom stereocenters. The zero-order valence-electron chi connectivity index (χ0n) is 18.2. The Bertz CT molecular complexity index is 710. The third kappa shape index (κ3) is 11.7. The van der Waals surface area contributed by atoms with Gasteiger partial charge in [-0.2, -0.15) is 0 Å². The maximum absolute atomic E-state index is 12.7. The lowest BCUT2D eigenvalue weighted by molar-refractivity contribution is -0.143. The molecule has 0 heterocycles. The summed E-state index contributed by atoms with van der Waals surface area (Å²) in [5.74, 6) is -5.30. The van der Waals surface area contributed by atoms with Gasteiger partial charge in [0.1, 0.15) is 12.1 Å². The number of nitrogens with one attached hydrogen (secondary N) is 3. The smallest absolute Gasteiger partial charge is 0.326 e. The van der Waals surface area contributed by atoms with Crippen molar-refractivity contribution in [3.05, 3.63) is 0 Å². The van der Waals surface area contributed by atoms with Crippen molar-refractivity contribution in [3.63, 3.8) is 0 Å². The topological polar surface area (TPSA) is 252 Å². The fraction of sp³-hybridized carbons (Fsp3) is 0.667. The van der Waals surface area contributed by atoms with E-state index >= 15 is 0 Å². The minimum Gasteiger partial charge on any atom is -0.481 e. The van der Waals surface area contributed by atoms with Gasteiger partial charge in [0.15, 0.2) is 5.96 Å². The van der Waals surface area contributed by atoms with Crippen LogP contribution in [0.1, 0.15) is 39.5 Å². The maximum Gasteiger partial charge on any atom is 0.326 e. The number of amides is 3. The number of aliphatic carboxylic acids is 2. The summed E-state index contributed by atoms with van der Waals surface area (Å²) in [6, 6.07) is -3.61. The fourth-order valence-electron chi connectivity index (χ4n) is 2.53. The molecule has 14 heteroatoms. The van der Waals surface area contributed by atoms with Crippen molar-refractivity contribution in [1.82, 2.24) is 16.0 Å². The number of hydrogen-bond acceptors (Lipinski definition) is 7. The minimum atomic E-state index is -1.34. The van der Waals surface area contributed by atoms with Crippen LogP contribution >= 0.6 is 0 Å². The lowest BCUT2D eigenvalue weighted by Crippen LogP contribution is -2.55. The Labute approximate surface area is 185 Å². The molecule has 0 radical (unpaired) electrons. The summed E-state index contributed by atoms with van der Waals surface area (Å²) in [7, 11) is 0. The SMILES string of the molecule is CCC(C)C(NC(=O)C(CCCN=C(N)N)NC(=O)CNC(=O)C(N)CC(=O)O)C(=O)O. The second-order valence-corrected chi connectivity index (χ2v) is 7.20. The Kier molecular flexibility index (Phi) is 13.0. The van der Waals surface area contributed by atoms with E-state index in [0.717, 1.165) is 0 Å². The average Bonchev–Trinajstić information content (AvgIpc) is 2.70. The molecule has 0 saturated carbocycles. The highest BCUT2D eigenvalue weighted by Gasteiger charge is 2.29. The number of carboxylic acid groups (broad SMARTS) is 2. The van der Waals surface area contributed by atoms with E-state index in [1.54, 1.807) is 13.8 Å². The third-order valence-electron chi connectivity index (χ3n) is 4.53. The van der Waals surface area contributed by atoms with E-state index in [-0.39, 0.29) is 24.8 Å². The molecule has 0 aliphatic carbocycles. The Hall–Kier alpha value is -3.42. The van der Waals surface area contributed by atoms with E-state index in [2.05, 4.69) is 20.9 Å². The monoisotopic (exact) mass is 459 g/mol. The fourth-order valence-corrected chi connectivity index (χ4v) is 2.53. The van der Waals surface area contributed by atoms with Crippen LogP contribution in [0, 0.1) is 5.92 Å². The number of rotatable bonds is 15. The quantitative estimate of drug-likeness (QED) is 0.0702. The Morgan fingerprint density at radius 3 is 2.16 bits per heavy atom. The first-order valence-electron chi connectivity index (χ1n) is 10.0. The summed E-state index contributed by atoms with van der Waals surface area (Å²) in [5, 5.41) is 25.0. The molecule has 0 saturated heterocycles. The molecule has 182 valence electrons. The van der Waals surface area contributed by atoms with E-state index in [1.165, 1.54) is 0 Å². The molecule has 0 bridgehead atoms. The molecule has 3 amide bonds. The van der Waals surface area contributed by atoms with E-state index in [4.69, 9.17) is 22.3 Å². The van der Waals surface area contributed by atoms with Crippen molar-refractivity contribution in [2.75, 3.05) is 13.1 Å². The molecule has 14 nitrogen and oxygen atoms in total. The molecule has 4 atom stereocenters. The first-order valence-corrected chi connectivity index (χ1v) is 10.0. The Balaban J connectivity index is 5.10. The summed E-state index contributed by atoms with van der Waals surface area (Å²) < 4.78 is 0. The average molecular weight is 460 g/mol. The molecule has 32 heavy (non-hydrogen) atoms. The molecule has 0 aromatic rings. The predicted octanol–water partition coefficient (Wildman–Crippen LogP) is -2.94. The molecule has 0 aromatic carbocycles. The van der Waals surface area contributed by atoms with E-state index in [9.17, 15) is 29.1 Å². The van der Waals surface area contributed by atoms with Gasteiger partial charge in [-0.05, 0) is 18.8 Å². The van der Waals surface area contributed by atoms with Crippen LogP contribution in [0.4, 0.5) is 0 Å². The van der Waals surface area contributed by atoms with Crippen LogP contribution in [0.5, 0.6) is 0 Å². The van der Waals surface area contributed by atoms with Crippen molar-refractivity contribution in [2.45, 2.75) is 57.7 Å². The normalized spacial score (nSPS) is 14.2. The lowest BCUT2D eigenvalue weighted by Gasteiger charge is -2.24. The zero-order chi connectivity index (χ0) is 24.8. The van der Waals surface area contributed by atoms with Crippen molar-refractivity contribution >= 4 is 35.6 Å². The van der Waals surface area contributed by atoms with Crippen LogP contribution in [0.25, 0.3) is 0 Å². The minimum absolute atomic E-state index is 0.0909. The molecular formula is C18H33N7O7. The number of carboxylic acids is 2. The molecule has 0 rings (SSSR count). The second-order valence-electron chi connectivity index (χ2n) is 7.20. The van der Waals surface area contributed by atoms with Gasteiger partial charge < -0.3 is 43.4 Å². The summed E-state index contributed by atoms with van der Waals surface area (Å²) in [5.41, 5.74) is 15.9. The van der Waals surface area contributed by atoms with Crippen LogP contribution in [-0.4, -0.2) is 77.0 Å². The second kappa shape index (κ2) is 14.6. The number of aliphatic imine (C=N–C) groups is 1. The molecular weight excluding hydrogens is 426 g/mol. The molecule has 0 spiro atoms. The van der Waals surface area contributed by atoms with Crippen LogP contribution in [0.3, 0.4) is 0 Å². The molecule has 0 aromatic heterocycles. The van der Waals surface area contributed by atoms with Crippen LogP contribution in [-0.2, 0) is 24.0 Å². The first kappa shape index (κ1) is 28.6. The highest BCUT2D eigenvalue weighted by atomic mass is 16.4. The van der Waals surface area contributed by atoms with Crippen LogP contribution in [0.15, 0.2) is 4.99 Å². The highest BCUT2D eigenvalue weighted by molar-refractivity contribution is 5.93. The van der Waals surface area contributed by atoms with Gasteiger partial charge in [0.25, 0.3) is 0 Å². The van der Waals surface area contributed by atoms with Crippen molar-refractivity contribution in [1.29, 1.82) is 0 Å². The van der Waals surface area contributed by atoms with E-state index < -0.39 is 60.8 Å². The summed E-state index contributed by atoms with van der Waals surface area (Å²) >= 11 is 0. The Morgan fingerprint density at radius 1 is 1.03 bits per heavy atom. The largest absolute Gasteiger partial charge is 0.481 e. The van der Waals surface area contributed by atoms with Gasteiger partial charge in [-0.1, -0.05) is 20.3 Å². The van der Waals surface area contributed by atoms with Gasteiger partial charge in [0.2, 0.25) is 17.7 Å². The third-order valence-corrected chi connectivity index (χ3v) is 4.53. The number of nitrogens with two attached hydrogens (primary N) is 3. The number of carbonyl (C=O) groups is 5. The van der Waals surface area contributed by atoms with Gasteiger partial charge in [-0.25, -0.2) is 4.79 Å². The summed E-state index contributed by atoms with van der Waals surface area (Å²) in [4.78, 5) is 62.5. The van der Waals surface area contributed by atoms with Crippen LogP contribution < -0.4 is 33.2 Å². The van der Waals surface area contributed by atoms with E-state index in [0.29, 0.717) is 12.8 Å². The first-order chi connectivity index (χ1) is 14.9. The molecule has 0 aliphatic heterocycles. The molecule has 11 N–H and O–H groups in total. The van der Waals surface area contributed by atoms with Gasteiger partial charge in [0, 0.05) is 6.54 Å². The van der Waals surface area contributed by atoms with Gasteiger partial charge >= 0.3 is 11.9 Å². The zero-order valence-corrected chi connectivity index (χ0v) is 18.2. The van der Waals surface area contributed by atoms with Gasteiger partial charge in [-0.3, -0.25) is 24.2 Å². The lowest BCUT2D eigenvalue weighted by atomic mass is 9.98. The number of carbonyl (C=O) groups excluding carboxylic acids is 3. The number of hydrogen-bond donors (Lipinski definition) is 8. The highest BCUT2D eigenvalue weighted by Crippen LogP contribution is 2.09.